The lowest BCUT2D eigenvalue weighted by Gasteiger charge is -2.30. The molecule has 1 amide bonds. The fourth-order valence-corrected chi connectivity index (χ4v) is 2.73. The van der Waals surface area contributed by atoms with E-state index in [9.17, 15) is 4.79 Å². The zero-order valence-electron chi connectivity index (χ0n) is 13.9. The maximum absolute atomic E-state index is 12.3. The van der Waals surface area contributed by atoms with E-state index in [-0.39, 0.29) is 12.5 Å². The van der Waals surface area contributed by atoms with Gasteiger partial charge in [0.15, 0.2) is 0 Å². The molecule has 1 aliphatic heterocycles. The first-order chi connectivity index (χ1) is 12.3. The molecule has 6 heteroatoms. The molecule has 2 aromatic carbocycles. The number of nitriles is 1. The van der Waals surface area contributed by atoms with Crippen molar-refractivity contribution in [2.24, 2.45) is 0 Å². The molecule has 0 atom stereocenters. The van der Waals surface area contributed by atoms with Crippen molar-refractivity contribution in [3.05, 3.63) is 54.1 Å². The quantitative estimate of drug-likeness (QED) is 0.877. The third kappa shape index (κ3) is 4.49. The number of amides is 1. The number of carbonyl (C=O) groups excluding carboxylic acids is 1. The third-order valence-corrected chi connectivity index (χ3v) is 3.97. The van der Waals surface area contributed by atoms with Gasteiger partial charge in [0, 0.05) is 18.8 Å². The van der Waals surface area contributed by atoms with Gasteiger partial charge in [-0.25, -0.2) is 0 Å². The number of para-hydroxylation sites is 2. The Balaban J connectivity index is 1.62. The summed E-state index contributed by atoms with van der Waals surface area (Å²) in [6.45, 7) is 3.14. The largest absolute Gasteiger partial charge is 0.378 e. The van der Waals surface area contributed by atoms with E-state index >= 15 is 0 Å². The fourth-order valence-electron chi connectivity index (χ4n) is 2.73. The van der Waals surface area contributed by atoms with Crippen LogP contribution in [0.15, 0.2) is 48.5 Å². The summed E-state index contributed by atoms with van der Waals surface area (Å²) >= 11 is 0. The monoisotopic (exact) mass is 336 g/mol. The Hall–Kier alpha value is -3.04. The summed E-state index contributed by atoms with van der Waals surface area (Å²) in [5.74, 6) is -0.136. The second kappa shape index (κ2) is 8.18. The van der Waals surface area contributed by atoms with E-state index in [0.29, 0.717) is 18.8 Å². The van der Waals surface area contributed by atoms with Crippen molar-refractivity contribution in [2.45, 2.75) is 0 Å². The number of benzene rings is 2. The number of rotatable bonds is 5. The number of hydrogen-bond donors (Lipinski definition) is 2. The molecule has 1 fully saturated rings. The van der Waals surface area contributed by atoms with E-state index < -0.39 is 0 Å². The molecular weight excluding hydrogens is 316 g/mol. The minimum Gasteiger partial charge on any atom is -0.378 e. The van der Waals surface area contributed by atoms with Crippen LogP contribution in [0.1, 0.15) is 5.56 Å². The summed E-state index contributed by atoms with van der Waals surface area (Å²) in [6, 6.07) is 16.9. The number of nitrogens with zero attached hydrogens (tertiary/aromatic N) is 2. The summed E-state index contributed by atoms with van der Waals surface area (Å²) in [5, 5.41) is 14.9. The molecule has 2 N–H and O–H groups in total. The Morgan fingerprint density at radius 2 is 1.96 bits per heavy atom. The van der Waals surface area contributed by atoms with Gasteiger partial charge in [-0.2, -0.15) is 5.26 Å². The maximum Gasteiger partial charge on any atom is 0.243 e. The van der Waals surface area contributed by atoms with Gasteiger partial charge in [-0.05, 0) is 30.3 Å². The molecule has 1 heterocycles. The van der Waals surface area contributed by atoms with Gasteiger partial charge in [-0.15, -0.1) is 0 Å². The number of carbonyl (C=O) groups is 1. The van der Waals surface area contributed by atoms with E-state index in [0.717, 1.165) is 30.2 Å². The Morgan fingerprint density at radius 1 is 1.16 bits per heavy atom. The summed E-state index contributed by atoms with van der Waals surface area (Å²) < 4.78 is 5.39. The van der Waals surface area contributed by atoms with E-state index in [4.69, 9.17) is 10.00 Å². The summed E-state index contributed by atoms with van der Waals surface area (Å²) in [5.41, 5.74) is 3.10. The summed E-state index contributed by atoms with van der Waals surface area (Å²) in [4.78, 5) is 14.5. The van der Waals surface area contributed by atoms with Crippen LogP contribution in [-0.2, 0) is 9.53 Å². The van der Waals surface area contributed by atoms with Gasteiger partial charge in [0.1, 0.15) is 0 Å². The highest BCUT2D eigenvalue weighted by atomic mass is 16.5. The Bertz CT molecular complexity index is 779. The first kappa shape index (κ1) is 16.8. The van der Waals surface area contributed by atoms with Crippen molar-refractivity contribution >= 4 is 23.0 Å². The van der Waals surface area contributed by atoms with Crippen LogP contribution in [0.25, 0.3) is 0 Å². The van der Waals surface area contributed by atoms with Crippen LogP contribution >= 0.6 is 0 Å². The van der Waals surface area contributed by atoms with Gasteiger partial charge in [0.25, 0.3) is 0 Å². The predicted octanol–water partition coefficient (Wildman–Crippen LogP) is 2.45. The van der Waals surface area contributed by atoms with Crippen molar-refractivity contribution in [1.82, 2.24) is 0 Å². The van der Waals surface area contributed by atoms with Crippen LogP contribution in [0.3, 0.4) is 0 Å². The summed E-state index contributed by atoms with van der Waals surface area (Å²) in [7, 11) is 0. The topological polar surface area (TPSA) is 77.4 Å². The smallest absolute Gasteiger partial charge is 0.243 e. The number of nitrogens with one attached hydrogen (secondary N) is 2. The van der Waals surface area contributed by atoms with Crippen LogP contribution in [0.5, 0.6) is 0 Å². The number of ether oxygens (including phenoxy) is 1. The second-order valence-corrected chi connectivity index (χ2v) is 5.71. The van der Waals surface area contributed by atoms with Gasteiger partial charge in [-0.1, -0.05) is 18.2 Å². The average molecular weight is 336 g/mol. The van der Waals surface area contributed by atoms with Crippen LogP contribution in [0.2, 0.25) is 0 Å². The number of morpholine rings is 1. The van der Waals surface area contributed by atoms with Gasteiger partial charge >= 0.3 is 0 Å². The van der Waals surface area contributed by atoms with Crippen LogP contribution in [0.4, 0.5) is 17.1 Å². The van der Waals surface area contributed by atoms with E-state index in [1.807, 2.05) is 30.3 Å². The van der Waals surface area contributed by atoms with Crippen molar-refractivity contribution in [1.29, 1.82) is 5.26 Å². The van der Waals surface area contributed by atoms with Crippen LogP contribution in [0, 0.1) is 11.3 Å². The molecule has 25 heavy (non-hydrogen) atoms. The zero-order chi connectivity index (χ0) is 17.5. The van der Waals surface area contributed by atoms with Gasteiger partial charge < -0.3 is 20.3 Å². The maximum atomic E-state index is 12.3. The number of hydrogen-bond acceptors (Lipinski definition) is 5. The Morgan fingerprint density at radius 3 is 2.76 bits per heavy atom. The van der Waals surface area contributed by atoms with Gasteiger partial charge in [-0.3, -0.25) is 4.79 Å². The number of anilines is 3. The Labute approximate surface area is 147 Å². The highest BCUT2D eigenvalue weighted by molar-refractivity contribution is 5.96. The van der Waals surface area contributed by atoms with Crippen molar-refractivity contribution in [3.63, 3.8) is 0 Å². The van der Waals surface area contributed by atoms with Crippen molar-refractivity contribution in [2.75, 3.05) is 48.4 Å². The highest BCUT2D eigenvalue weighted by Crippen LogP contribution is 2.26. The molecule has 0 aliphatic carbocycles. The molecule has 2 aromatic rings. The lowest BCUT2D eigenvalue weighted by atomic mass is 10.2. The molecule has 0 bridgehead atoms. The average Bonchev–Trinajstić information content (AvgIpc) is 2.68. The lowest BCUT2D eigenvalue weighted by molar-refractivity contribution is -0.114. The molecule has 0 radical (unpaired) electrons. The molecule has 128 valence electrons. The molecule has 0 spiro atoms. The summed E-state index contributed by atoms with van der Waals surface area (Å²) in [6.07, 6.45) is 0. The van der Waals surface area contributed by atoms with Gasteiger partial charge in [0.05, 0.1) is 42.8 Å². The lowest BCUT2D eigenvalue weighted by Crippen LogP contribution is -2.37. The van der Waals surface area contributed by atoms with E-state index in [2.05, 4.69) is 21.6 Å². The van der Waals surface area contributed by atoms with Crippen molar-refractivity contribution < 1.29 is 9.53 Å². The minimum absolute atomic E-state index is 0.131. The molecule has 0 unspecified atom stereocenters. The minimum atomic E-state index is -0.136. The SMILES string of the molecule is N#Cc1cccc(NCC(=O)Nc2ccccc2N2CCOCC2)c1. The standard InChI is InChI=1S/C19H20N4O2/c20-13-15-4-3-5-16(12-15)21-14-19(24)22-17-6-1-2-7-18(17)23-8-10-25-11-9-23/h1-7,12,21H,8-11,14H2,(H,22,24). The highest BCUT2D eigenvalue weighted by Gasteiger charge is 2.15. The first-order valence-electron chi connectivity index (χ1n) is 8.22. The van der Waals surface area contributed by atoms with E-state index in [1.165, 1.54) is 0 Å². The first-order valence-corrected chi connectivity index (χ1v) is 8.22. The predicted molar refractivity (Wildman–Crippen MR) is 97.8 cm³/mol. The molecular formula is C19H20N4O2. The van der Waals surface area contributed by atoms with Crippen LogP contribution < -0.4 is 15.5 Å². The molecule has 1 aliphatic rings. The Kier molecular flexibility index (Phi) is 5.50. The second-order valence-electron chi connectivity index (χ2n) is 5.71. The van der Waals surface area contributed by atoms with E-state index in [1.54, 1.807) is 18.2 Å². The van der Waals surface area contributed by atoms with Crippen LogP contribution in [-0.4, -0.2) is 38.8 Å². The van der Waals surface area contributed by atoms with Gasteiger partial charge in [0.2, 0.25) is 5.91 Å². The molecule has 0 saturated carbocycles. The normalized spacial score (nSPS) is 13.8. The van der Waals surface area contributed by atoms with Crippen molar-refractivity contribution in [3.8, 4) is 6.07 Å². The molecule has 3 rings (SSSR count). The fraction of sp³-hybridized carbons (Fsp3) is 0.263. The molecule has 0 aromatic heterocycles. The molecule has 6 nitrogen and oxygen atoms in total. The molecule has 1 saturated heterocycles. The third-order valence-electron chi connectivity index (χ3n) is 3.97. The zero-order valence-corrected chi connectivity index (χ0v) is 13.9.